The molecule has 0 radical (unpaired) electrons. The summed E-state index contributed by atoms with van der Waals surface area (Å²) in [6, 6.07) is 11.3. The molecule has 2 aromatic carbocycles. The molecule has 0 aliphatic carbocycles. The van der Waals surface area contributed by atoms with E-state index in [2.05, 4.69) is 15.5 Å². The van der Waals surface area contributed by atoms with Crippen LogP contribution in [0, 0.1) is 0 Å². The second-order valence-electron chi connectivity index (χ2n) is 6.72. The van der Waals surface area contributed by atoms with Crippen molar-refractivity contribution in [3.05, 3.63) is 63.1 Å². The molecule has 0 saturated carbocycles. The molecule has 0 spiro atoms. The van der Waals surface area contributed by atoms with Crippen molar-refractivity contribution in [2.24, 2.45) is 0 Å². The van der Waals surface area contributed by atoms with Gasteiger partial charge in [0, 0.05) is 32.7 Å². The van der Waals surface area contributed by atoms with Crippen molar-refractivity contribution in [1.29, 1.82) is 0 Å². The van der Waals surface area contributed by atoms with Gasteiger partial charge in [0.15, 0.2) is 0 Å². The highest BCUT2D eigenvalue weighted by Crippen LogP contribution is 2.29. The first kappa shape index (κ1) is 21.1. The maximum atomic E-state index is 12.9. The maximum absolute atomic E-state index is 12.9. The summed E-state index contributed by atoms with van der Waals surface area (Å²) < 4.78 is 0. The van der Waals surface area contributed by atoms with Crippen molar-refractivity contribution in [3.8, 4) is 10.6 Å². The van der Waals surface area contributed by atoms with Crippen molar-refractivity contribution in [3.63, 3.8) is 0 Å². The molecule has 1 aliphatic rings. The Morgan fingerprint density at radius 1 is 1.00 bits per heavy atom. The fourth-order valence-corrected chi connectivity index (χ4v) is 4.70. The number of carbonyl (C=O) groups excluding carboxylic acids is 2. The van der Waals surface area contributed by atoms with Crippen LogP contribution < -0.4 is 5.32 Å². The molecular weight excluding hydrogens is 467 g/mol. The summed E-state index contributed by atoms with van der Waals surface area (Å²) >= 11 is 19.2. The fraction of sp³-hybridized carbons (Fsp3) is 0.200. The number of nitrogens with zero attached hydrogens (tertiary/aromatic N) is 3. The molecule has 10 heteroatoms. The fourth-order valence-electron chi connectivity index (χ4n) is 3.30. The lowest BCUT2D eigenvalue weighted by molar-refractivity contribution is -0.119. The van der Waals surface area contributed by atoms with Crippen molar-refractivity contribution >= 4 is 63.1 Å². The van der Waals surface area contributed by atoms with Crippen LogP contribution in [-0.2, 0) is 4.79 Å². The number of benzene rings is 2. The minimum Gasteiger partial charge on any atom is -0.327 e. The highest BCUT2D eigenvalue weighted by atomic mass is 35.5. The molecule has 2 amide bonds. The lowest BCUT2D eigenvalue weighted by Crippen LogP contribution is -2.43. The largest absolute Gasteiger partial charge is 0.327 e. The molecule has 1 aliphatic heterocycles. The molecule has 1 fully saturated rings. The van der Waals surface area contributed by atoms with E-state index in [1.54, 1.807) is 35.2 Å². The molecular formula is C20H15Cl3N4O2S. The molecule has 154 valence electrons. The summed E-state index contributed by atoms with van der Waals surface area (Å²) in [5, 5.41) is 13.3. The zero-order valence-corrected chi connectivity index (χ0v) is 18.5. The van der Waals surface area contributed by atoms with Crippen molar-refractivity contribution < 1.29 is 9.59 Å². The van der Waals surface area contributed by atoms with Gasteiger partial charge in [-0.25, -0.2) is 0 Å². The van der Waals surface area contributed by atoms with Gasteiger partial charge in [-0.2, -0.15) is 0 Å². The van der Waals surface area contributed by atoms with Crippen LogP contribution in [0.1, 0.15) is 23.2 Å². The topological polar surface area (TPSA) is 75.2 Å². The number of hydrogen-bond acceptors (Lipinski definition) is 5. The van der Waals surface area contributed by atoms with Crippen LogP contribution in [0.4, 0.5) is 5.13 Å². The number of amides is 2. The number of halogens is 3. The molecule has 6 nitrogen and oxygen atoms in total. The van der Waals surface area contributed by atoms with Crippen LogP contribution in [0.2, 0.25) is 15.1 Å². The van der Waals surface area contributed by atoms with E-state index in [4.69, 9.17) is 34.8 Å². The Morgan fingerprint density at radius 2 is 1.70 bits per heavy atom. The maximum Gasteiger partial charge on any atom is 0.254 e. The van der Waals surface area contributed by atoms with Crippen molar-refractivity contribution in [2.75, 3.05) is 11.9 Å². The van der Waals surface area contributed by atoms with E-state index in [1.165, 1.54) is 11.3 Å². The minimum atomic E-state index is -0.599. The lowest BCUT2D eigenvalue weighted by atomic mass is 10.1. The van der Waals surface area contributed by atoms with E-state index in [1.807, 2.05) is 12.1 Å². The molecule has 4 rings (SSSR count). The molecule has 30 heavy (non-hydrogen) atoms. The molecule has 1 unspecified atom stereocenters. The van der Waals surface area contributed by atoms with Crippen LogP contribution in [0.3, 0.4) is 0 Å². The third kappa shape index (κ3) is 4.59. The van der Waals surface area contributed by atoms with E-state index in [-0.39, 0.29) is 11.8 Å². The van der Waals surface area contributed by atoms with Gasteiger partial charge in [0.2, 0.25) is 11.0 Å². The first-order valence-electron chi connectivity index (χ1n) is 9.08. The summed E-state index contributed by atoms with van der Waals surface area (Å²) in [5.74, 6) is -0.580. The molecule has 1 N–H and O–H groups in total. The van der Waals surface area contributed by atoms with Crippen LogP contribution in [0.25, 0.3) is 10.6 Å². The number of aromatic nitrogens is 2. The zero-order valence-electron chi connectivity index (χ0n) is 15.4. The summed E-state index contributed by atoms with van der Waals surface area (Å²) in [7, 11) is 0. The Morgan fingerprint density at radius 3 is 2.40 bits per heavy atom. The number of rotatable bonds is 4. The monoisotopic (exact) mass is 480 g/mol. The van der Waals surface area contributed by atoms with Crippen LogP contribution in [0.5, 0.6) is 0 Å². The third-order valence-electron chi connectivity index (χ3n) is 4.67. The predicted molar refractivity (Wildman–Crippen MR) is 120 cm³/mol. The normalized spacial score (nSPS) is 16.0. The van der Waals surface area contributed by atoms with Gasteiger partial charge in [0.05, 0.1) is 0 Å². The van der Waals surface area contributed by atoms with Gasteiger partial charge in [-0.15, -0.1) is 10.2 Å². The van der Waals surface area contributed by atoms with Gasteiger partial charge in [-0.3, -0.25) is 14.9 Å². The third-order valence-corrected chi connectivity index (χ3v) is 6.25. The molecule has 3 aromatic rings. The van der Waals surface area contributed by atoms with Crippen LogP contribution in [0.15, 0.2) is 42.5 Å². The van der Waals surface area contributed by atoms with Crippen molar-refractivity contribution in [1.82, 2.24) is 15.1 Å². The number of nitrogens with one attached hydrogen (secondary N) is 1. The van der Waals surface area contributed by atoms with E-state index >= 15 is 0 Å². The highest BCUT2D eigenvalue weighted by molar-refractivity contribution is 7.18. The second-order valence-corrected chi connectivity index (χ2v) is 9.01. The van der Waals surface area contributed by atoms with Gasteiger partial charge in [-0.05, 0) is 43.2 Å². The van der Waals surface area contributed by atoms with Gasteiger partial charge >= 0.3 is 0 Å². The summed E-state index contributed by atoms with van der Waals surface area (Å²) in [5.41, 5.74) is 1.21. The van der Waals surface area contributed by atoms with Gasteiger partial charge in [-0.1, -0.05) is 58.3 Å². The smallest absolute Gasteiger partial charge is 0.254 e. The Bertz CT molecular complexity index is 1080. The second kappa shape index (κ2) is 8.89. The quantitative estimate of drug-likeness (QED) is 0.541. The molecule has 0 bridgehead atoms. The van der Waals surface area contributed by atoms with Crippen LogP contribution in [-0.4, -0.2) is 39.5 Å². The van der Waals surface area contributed by atoms with Gasteiger partial charge < -0.3 is 4.90 Å². The van der Waals surface area contributed by atoms with E-state index in [0.29, 0.717) is 43.7 Å². The van der Waals surface area contributed by atoms with Gasteiger partial charge in [0.25, 0.3) is 5.91 Å². The first-order valence-corrected chi connectivity index (χ1v) is 11.0. The SMILES string of the molecule is O=C(Nc1nnc(-c2ccc(Cl)cc2)s1)C1CCCN1C(=O)c1cc(Cl)cc(Cl)c1. The van der Waals surface area contributed by atoms with E-state index in [0.717, 1.165) is 12.0 Å². The molecule has 1 atom stereocenters. The number of carbonyl (C=O) groups is 2. The van der Waals surface area contributed by atoms with Crippen molar-refractivity contribution in [2.45, 2.75) is 18.9 Å². The van der Waals surface area contributed by atoms with Crippen LogP contribution >= 0.6 is 46.1 Å². The average molecular weight is 482 g/mol. The number of anilines is 1. The van der Waals surface area contributed by atoms with Gasteiger partial charge in [0.1, 0.15) is 11.0 Å². The Hall–Kier alpha value is -2.19. The van der Waals surface area contributed by atoms with E-state index < -0.39 is 6.04 Å². The predicted octanol–water partition coefficient (Wildman–Crippen LogP) is 5.41. The molecule has 2 heterocycles. The summed E-state index contributed by atoms with van der Waals surface area (Å²) in [6.45, 7) is 0.479. The highest BCUT2D eigenvalue weighted by Gasteiger charge is 2.35. The summed E-state index contributed by atoms with van der Waals surface area (Å²) in [4.78, 5) is 27.3. The number of hydrogen-bond donors (Lipinski definition) is 1. The zero-order chi connectivity index (χ0) is 21.3. The molecule has 1 saturated heterocycles. The average Bonchev–Trinajstić information content (AvgIpc) is 3.37. The first-order chi connectivity index (χ1) is 14.4. The lowest BCUT2D eigenvalue weighted by Gasteiger charge is -2.23. The Kier molecular flexibility index (Phi) is 6.24. The Balaban J connectivity index is 1.47. The van der Waals surface area contributed by atoms with E-state index in [9.17, 15) is 9.59 Å². The standard InChI is InChI=1S/C20H15Cl3N4O2S/c21-13-5-3-11(4-6-13)18-25-26-20(30-18)24-17(28)16-2-1-7-27(16)19(29)12-8-14(22)10-15(23)9-12/h3-6,8-10,16H,1-2,7H2,(H,24,26,28). The molecule has 1 aromatic heterocycles. The number of likely N-dealkylation sites (tertiary alicyclic amines) is 1. The summed E-state index contributed by atoms with van der Waals surface area (Å²) in [6.07, 6.45) is 1.29. The minimum absolute atomic E-state index is 0.281. The Labute approximate surface area is 191 Å².